The van der Waals surface area contributed by atoms with Gasteiger partial charge in [0.2, 0.25) is 11.8 Å². The van der Waals surface area contributed by atoms with E-state index >= 15 is 0 Å². The molecule has 0 spiro atoms. The SMILES string of the molecule is O=C(CCCN1C(=O)CSc2ccccc21)N1CCN(c2ccc([N+](=O)[O-])cc2)CC1. The van der Waals surface area contributed by atoms with Crippen molar-refractivity contribution in [1.82, 2.24) is 4.90 Å². The van der Waals surface area contributed by atoms with Gasteiger partial charge in [-0.1, -0.05) is 12.1 Å². The maximum Gasteiger partial charge on any atom is 0.269 e. The standard InChI is InChI=1S/C22H24N4O4S/c27-21(6-3-11-25-19-4-1-2-5-20(19)31-16-22(25)28)24-14-12-23(13-15-24)17-7-9-18(10-8-17)26(29)30/h1-2,4-5,7-10H,3,6,11-16H2. The van der Waals surface area contributed by atoms with Crippen LogP contribution in [0.5, 0.6) is 0 Å². The Morgan fingerprint density at radius 1 is 1.03 bits per heavy atom. The van der Waals surface area contributed by atoms with Crippen LogP contribution in [0, 0.1) is 10.1 Å². The molecular weight excluding hydrogens is 416 g/mol. The Labute approximate surface area is 185 Å². The summed E-state index contributed by atoms with van der Waals surface area (Å²) in [6.07, 6.45) is 1.04. The number of benzene rings is 2. The van der Waals surface area contributed by atoms with Crippen LogP contribution in [0.15, 0.2) is 53.4 Å². The van der Waals surface area contributed by atoms with Crippen molar-refractivity contribution in [2.45, 2.75) is 17.7 Å². The zero-order valence-electron chi connectivity index (χ0n) is 17.1. The molecule has 0 radical (unpaired) electrons. The number of amides is 2. The van der Waals surface area contributed by atoms with Crippen molar-refractivity contribution in [1.29, 1.82) is 0 Å². The average molecular weight is 441 g/mol. The highest BCUT2D eigenvalue weighted by molar-refractivity contribution is 8.00. The molecule has 2 heterocycles. The van der Waals surface area contributed by atoms with Crippen LogP contribution >= 0.6 is 11.8 Å². The van der Waals surface area contributed by atoms with E-state index in [-0.39, 0.29) is 17.5 Å². The molecule has 2 aromatic rings. The molecule has 2 aliphatic rings. The Morgan fingerprint density at radius 3 is 2.45 bits per heavy atom. The molecule has 0 atom stereocenters. The highest BCUT2D eigenvalue weighted by Gasteiger charge is 2.25. The summed E-state index contributed by atoms with van der Waals surface area (Å²) in [7, 11) is 0. The van der Waals surface area contributed by atoms with Crippen molar-refractivity contribution >= 4 is 40.6 Å². The highest BCUT2D eigenvalue weighted by Crippen LogP contribution is 2.35. The summed E-state index contributed by atoms with van der Waals surface area (Å²) < 4.78 is 0. The molecular formula is C22H24N4O4S. The van der Waals surface area contributed by atoms with Gasteiger partial charge in [0.05, 0.1) is 16.4 Å². The van der Waals surface area contributed by atoms with Crippen LogP contribution < -0.4 is 9.80 Å². The van der Waals surface area contributed by atoms with E-state index in [1.165, 1.54) is 12.1 Å². The molecule has 0 unspecified atom stereocenters. The number of nitro groups is 1. The normalized spacial score (nSPS) is 16.3. The molecule has 2 aliphatic heterocycles. The maximum atomic E-state index is 12.7. The summed E-state index contributed by atoms with van der Waals surface area (Å²) in [5.41, 5.74) is 1.94. The molecule has 0 aromatic heterocycles. The van der Waals surface area contributed by atoms with E-state index in [0.29, 0.717) is 51.3 Å². The van der Waals surface area contributed by atoms with Crippen LogP contribution in [0.1, 0.15) is 12.8 Å². The summed E-state index contributed by atoms with van der Waals surface area (Å²) in [5.74, 6) is 0.638. The van der Waals surface area contributed by atoms with Gasteiger partial charge in [-0.2, -0.15) is 0 Å². The summed E-state index contributed by atoms with van der Waals surface area (Å²) in [4.78, 5) is 42.3. The lowest BCUT2D eigenvalue weighted by atomic mass is 10.2. The van der Waals surface area contributed by atoms with Crippen molar-refractivity contribution in [3.8, 4) is 0 Å². The Kier molecular flexibility index (Phi) is 6.41. The predicted octanol–water partition coefficient (Wildman–Crippen LogP) is 3.16. The second kappa shape index (κ2) is 9.38. The molecule has 162 valence electrons. The number of non-ortho nitro benzene ring substituents is 1. The second-order valence-corrected chi connectivity index (χ2v) is 8.56. The Hall–Kier alpha value is -3.07. The molecule has 4 rings (SSSR count). The molecule has 2 aromatic carbocycles. The van der Waals surface area contributed by atoms with Gasteiger partial charge in [-0.25, -0.2) is 0 Å². The molecule has 0 saturated carbocycles. The summed E-state index contributed by atoms with van der Waals surface area (Å²) in [5, 5.41) is 10.8. The lowest BCUT2D eigenvalue weighted by Gasteiger charge is -2.36. The number of carbonyl (C=O) groups excluding carboxylic acids is 2. The number of rotatable bonds is 6. The Balaban J connectivity index is 1.25. The minimum atomic E-state index is -0.407. The number of thioether (sulfide) groups is 1. The first kappa shape index (κ1) is 21.2. The number of para-hydroxylation sites is 1. The minimum absolute atomic E-state index is 0.0750. The van der Waals surface area contributed by atoms with E-state index in [1.807, 2.05) is 29.2 Å². The van der Waals surface area contributed by atoms with Crippen molar-refractivity contribution in [2.75, 3.05) is 48.3 Å². The first-order chi connectivity index (χ1) is 15.0. The molecule has 0 bridgehead atoms. The number of nitro benzene ring substituents is 1. The van der Waals surface area contributed by atoms with Crippen molar-refractivity contribution < 1.29 is 14.5 Å². The first-order valence-corrected chi connectivity index (χ1v) is 11.3. The van der Waals surface area contributed by atoms with Gasteiger partial charge in [0, 0.05) is 61.9 Å². The van der Waals surface area contributed by atoms with Crippen molar-refractivity contribution in [2.24, 2.45) is 0 Å². The zero-order chi connectivity index (χ0) is 21.8. The van der Waals surface area contributed by atoms with E-state index in [1.54, 1.807) is 28.8 Å². The lowest BCUT2D eigenvalue weighted by molar-refractivity contribution is -0.384. The molecule has 0 aliphatic carbocycles. The number of piperazine rings is 1. The van der Waals surface area contributed by atoms with Crippen LogP contribution in [0.25, 0.3) is 0 Å². The fraction of sp³-hybridized carbons (Fsp3) is 0.364. The van der Waals surface area contributed by atoms with Crippen LogP contribution in [0.4, 0.5) is 17.1 Å². The average Bonchev–Trinajstić information content (AvgIpc) is 2.80. The van der Waals surface area contributed by atoms with Gasteiger partial charge in [-0.05, 0) is 30.7 Å². The number of anilines is 2. The first-order valence-electron chi connectivity index (χ1n) is 10.3. The van der Waals surface area contributed by atoms with Gasteiger partial charge in [-0.3, -0.25) is 19.7 Å². The quantitative estimate of drug-likeness (QED) is 0.507. The van der Waals surface area contributed by atoms with E-state index in [9.17, 15) is 19.7 Å². The molecule has 0 N–H and O–H groups in total. The van der Waals surface area contributed by atoms with Crippen molar-refractivity contribution in [3.63, 3.8) is 0 Å². The fourth-order valence-corrected chi connectivity index (χ4v) is 4.88. The smallest absolute Gasteiger partial charge is 0.269 e. The Morgan fingerprint density at radius 2 is 1.74 bits per heavy atom. The van der Waals surface area contributed by atoms with E-state index in [0.717, 1.165) is 16.3 Å². The summed E-state index contributed by atoms with van der Waals surface area (Å²) in [6, 6.07) is 14.4. The summed E-state index contributed by atoms with van der Waals surface area (Å²) in [6.45, 7) is 3.18. The third-order valence-electron chi connectivity index (χ3n) is 5.64. The largest absolute Gasteiger partial charge is 0.368 e. The van der Waals surface area contributed by atoms with E-state index in [4.69, 9.17) is 0 Å². The van der Waals surface area contributed by atoms with Gasteiger partial charge in [0.1, 0.15) is 0 Å². The third kappa shape index (κ3) is 4.82. The van der Waals surface area contributed by atoms with Crippen LogP contribution in [0.3, 0.4) is 0 Å². The molecule has 2 amide bonds. The van der Waals surface area contributed by atoms with Crippen LogP contribution in [-0.4, -0.2) is 60.1 Å². The number of hydrogen-bond acceptors (Lipinski definition) is 6. The molecule has 9 heteroatoms. The monoisotopic (exact) mass is 440 g/mol. The van der Waals surface area contributed by atoms with Gasteiger partial charge < -0.3 is 14.7 Å². The molecule has 8 nitrogen and oxygen atoms in total. The maximum absolute atomic E-state index is 12.7. The fourth-order valence-electron chi connectivity index (χ4n) is 3.94. The third-order valence-corrected chi connectivity index (χ3v) is 6.69. The molecule has 31 heavy (non-hydrogen) atoms. The van der Waals surface area contributed by atoms with Crippen molar-refractivity contribution in [3.05, 3.63) is 58.6 Å². The molecule has 1 fully saturated rings. The predicted molar refractivity (Wildman–Crippen MR) is 121 cm³/mol. The van der Waals surface area contributed by atoms with Gasteiger partial charge in [0.25, 0.3) is 5.69 Å². The number of hydrogen-bond donors (Lipinski definition) is 0. The van der Waals surface area contributed by atoms with Gasteiger partial charge >= 0.3 is 0 Å². The summed E-state index contributed by atoms with van der Waals surface area (Å²) >= 11 is 1.56. The van der Waals surface area contributed by atoms with E-state index < -0.39 is 4.92 Å². The zero-order valence-corrected chi connectivity index (χ0v) is 17.9. The van der Waals surface area contributed by atoms with E-state index in [2.05, 4.69) is 4.90 Å². The molecule has 1 saturated heterocycles. The highest BCUT2D eigenvalue weighted by atomic mass is 32.2. The number of carbonyl (C=O) groups is 2. The topological polar surface area (TPSA) is 87.0 Å². The Bertz CT molecular complexity index is 974. The number of nitrogens with zero attached hydrogens (tertiary/aromatic N) is 4. The second-order valence-electron chi connectivity index (χ2n) is 7.55. The lowest BCUT2D eigenvalue weighted by Crippen LogP contribution is -2.49. The van der Waals surface area contributed by atoms with Gasteiger partial charge in [0.15, 0.2) is 0 Å². The van der Waals surface area contributed by atoms with Crippen LogP contribution in [-0.2, 0) is 9.59 Å². The number of fused-ring (bicyclic) bond motifs is 1. The minimum Gasteiger partial charge on any atom is -0.368 e. The van der Waals surface area contributed by atoms with Gasteiger partial charge in [-0.15, -0.1) is 11.8 Å². The van der Waals surface area contributed by atoms with Crippen LogP contribution in [0.2, 0.25) is 0 Å².